The van der Waals surface area contributed by atoms with Crippen molar-refractivity contribution in [3.63, 3.8) is 0 Å². The van der Waals surface area contributed by atoms with Gasteiger partial charge in [-0.05, 0) is 30.0 Å². The van der Waals surface area contributed by atoms with Gasteiger partial charge in [-0.25, -0.2) is 8.78 Å². The Labute approximate surface area is 114 Å². The molecule has 0 aliphatic heterocycles. The Morgan fingerprint density at radius 2 is 2.22 bits per heavy atom. The number of rotatable bonds is 4. The molecule has 1 fully saturated rings. The minimum atomic E-state index is -2.55. The van der Waals surface area contributed by atoms with E-state index in [0.29, 0.717) is 12.8 Å². The van der Waals surface area contributed by atoms with E-state index in [1.54, 1.807) is 0 Å². The number of alkyl halides is 2. The lowest BCUT2D eigenvalue weighted by Crippen LogP contribution is -2.12. The largest absolute Gasteiger partial charge is 0.299 e. The van der Waals surface area contributed by atoms with Crippen LogP contribution in [0, 0.1) is 5.92 Å². The maximum absolute atomic E-state index is 13.0. The maximum Gasteiger partial charge on any atom is 0.248 e. The normalized spacial score (nSPS) is 22.1. The Morgan fingerprint density at radius 3 is 2.83 bits per heavy atom. The Bertz CT molecular complexity index is 445. The minimum absolute atomic E-state index is 0.0517. The first-order valence-corrected chi connectivity index (χ1v) is 6.88. The summed E-state index contributed by atoms with van der Waals surface area (Å²) in [6.45, 7) is 0. The van der Waals surface area contributed by atoms with Crippen LogP contribution >= 0.6 is 15.9 Å². The van der Waals surface area contributed by atoms with E-state index in [-0.39, 0.29) is 31.0 Å². The highest BCUT2D eigenvalue weighted by atomic mass is 79.9. The smallest absolute Gasteiger partial charge is 0.248 e. The average molecular weight is 317 g/mol. The summed E-state index contributed by atoms with van der Waals surface area (Å²) in [6.07, 6.45) is 0.889. The zero-order chi connectivity index (χ0) is 13.2. The quantitative estimate of drug-likeness (QED) is 0.805. The summed E-state index contributed by atoms with van der Waals surface area (Å²) in [5, 5.41) is 0. The monoisotopic (exact) mass is 316 g/mol. The molecule has 1 aromatic carbocycles. The molecule has 4 heteroatoms. The molecular weight excluding hydrogens is 302 g/mol. The van der Waals surface area contributed by atoms with Gasteiger partial charge in [-0.2, -0.15) is 0 Å². The van der Waals surface area contributed by atoms with Crippen molar-refractivity contribution in [2.75, 3.05) is 0 Å². The highest BCUT2D eigenvalue weighted by molar-refractivity contribution is 9.10. The highest BCUT2D eigenvalue weighted by Crippen LogP contribution is 2.40. The van der Waals surface area contributed by atoms with Gasteiger partial charge in [0.25, 0.3) is 0 Å². The van der Waals surface area contributed by atoms with Gasteiger partial charge in [0.05, 0.1) is 0 Å². The van der Waals surface area contributed by atoms with Gasteiger partial charge in [-0.15, -0.1) is 0 Å². The van der Waals surface area contributed by atoms with Gasteiger partial charge >= 0.3 is 0 Å². The number of Topliss-reactive ketones (excluding diaryl/α,β-unsaturated/α-hetero) is 1. The van der Waals surface area contributed by atoms with E-state index in [1.165, 1.54) is 0 Å². The Kier molecular flexibility index (Phi) is 4.15. The first-order valence-electron chi connectivity index (χ1n) is 6.08. The van der Waals surface area contributed by atoms with E-state index in [1.807, 2.05) is 24.3 Å². The van der Waals surface area contributed by atoms with E-state index in [0.717, 1.165) is 10.0 Å². The van der Waals surface area contributed by atoms with Crippen LogP contribution in [0.5, 0.6) is 0 Å². The fourth-order valence-electron chi connectivity index (χ4n) is 2.48. The van der Waals surface area contributed by atoms with Gasteiger partial charge < -0.3 is 0 Å². The topological polar surface area (TPSA) is 17.1 Å². The SMILES string of the molecule is O=C(Cc1cccc(Br)c1)CC1CCC(F)(F)C1. The standard InChI is InChI=1S/C14H15BrF2O/c15-12-3-1-2-10(6-12)7-13(18)8-11-4-5-14(16,17)9-11/h1-3,6,11H,4-5,7-9H2. The molecule has 0 heterocycles. The van der Waals surface area contributed by atoms with Gasteiger partial charge in [-0.1, -0.05) is 28.1 Å². The summed E-state index contributed by atoms with van der Waals surface area (Å²) < 4.78 is 26.9. The van der Waals surface area contributed by atoms with Crippen LogP contribution in [-0.4, -0.2) is 11.7 Å². The van der Waals surface area contributed by atoms with Crippen molar-refractivity contribution in [3.8, 4) is 0 Å². The third kappa shape index (κ3) is 3.87. The van der Waals surface area contributed by atoms with Crippen LogP contribution in [0.15, 0.2) is 28.7 Å². The molecule has 1 aliphatic carbocycles. The van der Waals surface area contributed by atoms with Gasteiger partial charge in [0, 0.05) is 30.2 Å². The molecule has 98 valence electrons. The summed E-state index contributed by atoms with van der Waals surface area (Å²) in [5.41, 5.74) is 0.930. The number of benzene rings is 1. The van der Waals surface area contributed by atoms with Crippen LogP contribution in [0.3, 0.4) is 0 Å². The predicted molar refractivity (Wildman–Crippen MR) is 69.8 cm³/mol. The molecule has 1 aromatic rings. The van der Waals surface area contributed by atoms with Crippen LogP contribution in [0.4, 0.5) is 8.78 Å². The summed E-state index contributed by atoms with van der Waals surface area (Å²) in [6, 6.07) is 7.54. The molecule has 0 saturated heterocycles. The molecular formula is C14H15BrF2O. The van der Waals surface area contributed by atoms with E-state index in [2.05, 4.69) is 15.9 Å². The Morgan fingerprint density at radius 1 is 1.44 bits per heavy atom. The number of hydrogen-bond acceptors (Lipinski definition) is 1. The van der Waals surface area contributed by atoms with E-state index in [4.69, 9.17) is 0 Å². The molecule has 0 radical (unpaired) electrons. The van der Waals surface area contributed by atoms with Gasteiger partial charge in [-0.3, -0.25) is 4.79 Å². The summed E-state index contributed by atoms with van der Waals surface area (Å²) in [5.74, 6) is -2.64. The predicted octanol–water partition coefficient (Wildman–Crippen LogP) is 4.39. The van der Waals surface area contributed by atoms with Gasteiger partial charge in [0.2, 0.25) is 5.92 Å². The zero-order valence-electron chi connectivity index (χ0n) is 9.96. The van der Waals surface area contributed by atoms with Gasteiger partial charge in [0.15, 0.2) is 0 Å². The first-order chi connectivity index (χ1) is 8.44. The highest BCUT2D eigenvalue weighted by Gasteiger charge is 2.39. The second kappa shape index (κ2) is 5.47. The number of halogens is 3. The molecule has 2 rings (SSSR count). The molecule has 18 heavy (non-hydrogen) atoms. The van der Waals surface area contributed by atoms with Crippen molar-refractivity contribution in [2.24, 2.45) is 5.92 Å². The third-order valence-electron chi connectivity index (χ3n) is 3.31. The van der Waals surface area contributed by atoms with Crippen LogP contribution < -0.4 is 0 Å². The molecule has 1 unspecified atom stereocenters. The number of hydrogen-bond donors (Lipinski definition) is 0. The van der Waals surface area contributed by atoms with Crippen molar-refractivity contribution >= 4 is 21.7 Å². The number of carbonyl (C=O) groups excluding carboxylic acids is 1. The maximum atomic E-state index is 13.0. The molecule has 0 amide bonds. The molecule has 0 N–H and O–H groups in total. The van der Waals surface area contributed by atoms with Crippen LogP contribution in [0.2, 0.25) is 0 Å². The van der Waals surface area contributed by atoms with Crippen LogP contribution in [-0.2, 0) is 11.2 Å². The Hall–Kier alpha value is -0.770. The summed E-state index contributed by atoms with van der Waals surface area (Å²) >= 11 is 3.34. The van der Waals surface area contributed by atoms with Crippen molar-refractivity contribution in [1.29, 1.82) is 0 Å². The first kappa shape index (κ1) is 13.7. The van der Waals surface area contributed by atoms with Gasteiger partial charge in [0.1, 0.15) is 5.78 Å². The molecule has 0 spiro atoms. The Balaban J connectivity index is 1.86. The third-order valence-corrected chi connectivity index (χ3v) is 3.81. The molecule has 0 bridgehead atoms. The molecule has 1 saturated carbocycles. The fourth-order valence-corrected chi connectivity index (χ4v) is 2.93. The fraction of sp³-hybridized carbons (Fsp3) is 0.500. The number of carbonyl (C=O) groups is 1. The van der Waals surface area contributed by atoms with Crippen LogP contribution in [0.25, 0.3) is 0 Å². The lowest BCUT2D eigenvalue weighted by Gasteiger charge is -2.09. The molecule has 0 aromatic heterocycles. The second-order valence-electron chi connectivity index (χ2n) is 5.01. The summed E-state index contributed by atoms with van der Waals surface area (Å²) in [7, 11) is 0. The van der Waals surface area contributed by atoms with Crippen molar-refractivity contribution in [2.45, 2.75) is 38.0 Å². The van der Waals surface area contributed by atoms with Crippen molar-refractivity contribution in [1.82, 2.24) is 0 Å². The number of ketones is 1. The molecule has 1 atom stereocenters. The molecule has 1 nitrogen and oxygen atoms in total. The van der Waals surface area contributed by atoms with Crippen LogP contribution in [0.1, 0.15) is 31.2 Å². The van der Waals surface area contributed by atoms with E-state index < -0.39 is 5.92 Å². The van der Waals surface area contributed by atoms with Crippen molar-refractivity contribution < 1.29 is 13.6 Å². The van der Waals surface area contributed by atoms with Crippen molar-refractivity contribution in [3.05, 3.63) is 34.3 Å². The average Bonchev–Trinajstić information content (AvgIpc) is 2.57. The second-order valence-corrected chi connectivity index (χ2v) is 5.93. The molecule has 1 aliphatic rings. The minimum Gasteiger partial charge on any atom is -0.299 e. The zero-order valence-corrected chi connectivity index (χ0v) is 11.6. The van der Waals surface area contributed by atoms with E-state index >= 15 is 0 Å². The van der Waals surface area contributed by atoms with E-state index in [9.17, 15) is 13.6 Å². The lowest BCUT2D eigenvalue weighted by atomic mass is 9.97. The summed E-state index contributed by atoms with van der Waals surface area (Å²) in [4.78, 5) is 11.8. The lowest BCUT2D eigenvalue weighted by molar-refractivity contribution is -0.119.